The molecule has 3 aliphatic heterocycles. The number of rotatable bonds is 2. The van der Waals surface area contributed by atoms with Gasteiger partial charge in [-0.2, -0.15) is 0 Å². The van der Waals surface area contributed by atoms with Crippen LogP contribution in [0.4, 0.5) is 5.69 Å². The lowest BCUT2D eigenvalue weighted by atomic mass is 9.68. The van der Waals surface area contributed by atoms with Crippen molar-refractivity contribution in [1.82, 2.24) is 0 Å². The maximum atomic E-state index is 13.7. The average molecular weight is 537 g/mol. The molecule has 33 heavy (non-hydrogen) atoms. The van der Waals surface area contributed by atoms with E-state index < -0.39 is 0 Å². The van der Waals surface area contributed by atoms with Crippen molar-refractivity contribution in [3.63, 3.8) is 0 Å². The zero-order valence-electron chi connectivity index (χ0n) is 17.8. The topological polar surface area (TPSA) is 37.4 Å². The van der Waals surface area contributed by atoms with Crippen molar-refractivity contribution in [2.45, 2.75) is 24.0 Å². The van der Waals surface area contributed by atoms with E-state index in [1.54, 1.807) is 0 Å². The molecule has 166 valence electrons. The summed E-state index contributed by atoms with van der Waals surface area (Å²) in [7, 11) is 0. The zero-order chi connectivity index (χ0) is 22.4. The Labute approximate surface area is 210 Å². The van der Waals surface area contributed by atoms with E-state index in [-0.39, 0.29) is 35.5 Å². The lowest BCUT2D eigenvalue weighted by Gasteiger charge is -2.44. The number of anilines is 1. The first-order chi connectivity index (χ1) is 16.0. The van der Waals surface area contributed by atoms with Crippen molar-refractivity contribution in [2.75, 3.05) is 4.90 Å². The number of nitrogens with zero attached hydrogens (tertiary/aromatic N) is 1. The number of carbonyl (C=O) groups excluding carboxylic acids is 2. The van der Waals surface area contributed by atoms with E-state index in [4.69, 9.17) is 0 Å². The largest absolute Gasteiger partial charge is 0.274 e. The number of thioether (sulfide) groups is 2. The van der Waals surface area contributed by atoms with Gasteiger partial charge >= 0.3 is 0 Å². The second-order valence-electron chi connectivity index (χ2n) is 9.76. The molecule has 0 spiro atoms. The molecule has 3 nitrogen and oxygen atoms in total. The highest BCUT2D eigenvalue weighted by Gasteiger charge is 2.69. The van der Waals surface area contributed by atoms with Crippen molar-refractivity contribution in [1.29, 1.82) is 0 Å². The molecular formula is C27H22BrNO2S2. The fourth-order valence-electron chi connectivity index (χ4n) is 7.16. The van der Waals surface area contributed by atoms with Gasteiger partial charge in [0.15, 0.2) is 0 Å². The summed E-state index contributed by atoms with van der Waals surface area (Å²) in [4.78, 5) is 33.0. The van der Waals surface area contributed by atoms with Crippen molar-refractivity contribution >= 4 is 57.0 Å². The number of hydrogen-bond donors (Lipinski definition) is 0. The molecule has 2 saturated carbocycles. The van der Waals surface area contributed by atoms with Crippen LogP contribution in [0.3, 0.4) is 0 Å². The van der Waals surface area contributed by atoms with Crippen LogP contribution >= 0.6 is 39.5 Å². The summed E-state index contributed by atoms with van der Waals surface area (Å²) in [6, 6.07) is 18.3. The van der Waals surface area contributed by atoms with Gasteiger partial charge in [-0.15, -0.1) is 11.8 Å². The molecule has 5 aliphatic rings. The standard InChI is InChI=1S/C27H22BrNO2S2/c1-13-11-19-25(32-13)20(14-5-3-2-4-6-14)21-17-12-18(24(21)33-19)23-22(17)26(30)29(27(23)31)16-9-7-15(28)8-10-16/h2-10,17-18,20-24H,1,11-12H2/t17-,18-,20-,21-,22+,23-,24-/m1/s1. The molecule has 6 heteroatoms. The number of fused-ring (bicyclic) bond motifs is 8. The Balaban J connectivity index is 1.30. The molecule has 0 radical (unpaired) electrons. The highest BCUT2D eigenvalue weighted by molar-refractivity contribution is 9.10. The molecule has 0 unspecified atom stereocenters. The summed E-state index contributed by atoms with van der Waals surface area (Å²) in [5.74, 6) is 0.888. The molecule has 7 rings (SSSR count). The van der Waals surface area contributed by atoms with Gasteiger partial charge in [0.25, 0.3) is 0 Å². The van der Waals surface area contributed by atoms with Crippen LogP contribution in [0.1, 0.15) is 24.3 Å². The molecule has 2 aliphatic carbocycles. The Morgan fingerprint density at radius 1 is 0.939 bits per heavy atom. The fourth-order valence-corrected chi connectivity index (χ4v) is 10.7. The third kappa shape index (κ3) is 2.83. The highest BCUT2D eigenvalue weighted by atomic mass is 79.9. The van der Waals surface area contributed by atoms with Crippen LogP contribution in [0.5, 0.6) is 0 Å². The van der Waals surface area contributed by atoms with Crippen molar-refractivity contribution in [3.05, 3.63) is 85.9 Å². The minimum Gasteiger partial charge on any atom is -0.274 e. The summed E-state index contributed by atoms with van der Waals surface area (Å²) in [5.41, 5.74) is 2.04. The van der Waals surface area contributed by atoms with Crippen LogP contribution in [0.2, 0.25) is 0 Å². The van der Waals surface area contributed by atoms with Crippen LogP contribution in [0.25, 0.3) is 0 Å². The van der Waals surface area contributed by atoms with Crippen LogP contribution < -0.4 is 4.90 Å². The number of amides is 2. The minimum absolute atomic E-state index is 0.0124. The maximum absolute atomic E-state index is 13.7. The van der Waals surface area contributed by atoms with Gasteiger partial charge in [0.05, 0.1) is 17.5 Å². The number of halogens is 1. The quantitative estimate of drug-likeness (QED) is 0.407. The highest BCUT2D eigenvalue weighted by Crippen LogP contribution is 2.71. The SMILES string of the molecule is C=C1CC2=C(S1)[C@H](c1ccccc1)[C@H]1[C@H]3C[C@@H]([C@H]1S2)[C@H]1C(=O)N(c2ccc(Br)cc2)C(=O)[C@@H]31. The van der Waals surface area contributed by atoms with Crippen LogP contribution in [-0.4, -0.2) is 17.1 Å². The molecule has 0 aromatic heterocycles. The molecule has 2 aromatic carbocycles. The molecule has 3 heterocycles. The third-order valence-corrected chi connectivity index (χ3v) is 11.6. The number of hydrogen-bond acceptors (Lipinski definition) is 4. The normalized spacial score (nSPS) is 36.5. The number of allylic oxidation sites excluding steroid dienone is 3. The number of imide groups is 1. The first-order valence-electron chi connectivity index (χ1n) is 11.5. The van der Waals surface area contributed by atoms with E-state index in [1.165, 1.54) is 25.2 Å². The van der Waals surface area contributed by atoms with E-state index >= 15 is 0 Å². The smallest absolute Gasteiger partial charge is 0.238 e. The Bertz CT molecular complexity index is 1240. The fraction of sp³-hybridized carbons (Fsp3) is 0.333. The molecule has 2 bridgehead atoms. The third-order valence-electron chi connectivity index (χ3n) is 8.24. The molecule has 3 fully saturated rings. The average Bonchev–Trinajstić information content (AvgIpc) is 3.54. The van der Waals surface area contributed by atoms with E-state index in [0.29, 0.717) is 22.8 Å². The van der Waals surface area contributed by atoms with Gasteiger partial charge in [-0.3, -0.25) is 14.5 Å². The summed E-state index contributed by atoms with van der Waals surface area (Å²) in [5, 5.41) is 0.397. The minimum atomic E-state index is -0.184. The van der Waals surface area contributed by atoms with Gasteiger partial charge in [0.2, 0.25) is 11.8 Å². The predicted molar refractivity (Wildman–Crippen MR) is 138 cm³/mol. The second kappa shape index (κ2) is 7.37. The molecule has 7 atom stereocenters. The van der Waals surface area contributed by atoms with E-state index in [9.17, 15) is 9.59 Å². The monoisotopic (exact) mass is 535 g/mol. The van der Waals surface area contributed by atoms with Gasteiger partial charge in [0, 0.05) is 31.9 Å². The number of carbonyl (C=O) groups is 2. The van der Waals surface area contributed by atoms with Crippen LogP contribution in [0, 0.1) is 29.6 Å². The van der Waals surface area contributed by atoms with Gasteiger partial charge in [-0.25, -0.2) is 0 Å². The van der Waals surface area contributed by atoms with Crippen LogP contribution in [0.15, 0.2) is 80.4 Å². The first kappa shape index (κ1) is 20.6. The van der Waals surface area contributed by atoms with E-state index in [0.717, 1.165) is 17.3 Å². The van der Waals surface area contributed by atoms with Crippen molar-refractivity contribution in [3.8, 4) is 0 Å². The van der Waals surface area contributed by atoms with Gasteiger partial charge in [0.1, 0.15) is 0 Å². The molecule has 2 amide bonds. The number of benzene rings is 2. The summed E-state index contributed by atoms with van der Waals surface area (Å²) in [6.07, 6.45) is 1.94. The summed E-state index contributed by atoms with van der Waals surface area (Å²) in [6.45, 7) is 4.27. The lowest BCUT2D eigenvalue weighted by Crippen LogP contribution is -2.42. The molecule has 1 saturated heterocycles. The second-order valence-corrected chi connectivity index (χ2v) is 13.2. The van der Waals surface area contributed by atoms with E-state index in [2.05, 4.69) is 52.8 Å². The Morgan fingerprint density at radius 2 is 1.64 bits per heavy atom. The lowest BCUT2D eigenvalue weighted by molar-refractivity contribution is -0.123. The Hall–Kier alpha value is -1.76. The van der Waals surface area contributed by atoms with Gasteiger partial charge in [-0.05, 0) is 58.9 Å². The molecule has 0 N–H and O–H groups in total. The molecular weight excluding hydrogens is 514 g/mol. The Morgan fingerprint density at radius 3 is 2.36 bits per heavy atom. The van der Waals surface area contributed by atoms with Crippen molar-refractivity contribution in [2.24, 2.45) is 29.6 Å². The predicted octanol–water partition coefficient (Wildman–Crippen LogP) is 6.58. The summed E-state index contributed by atoms with van der Waals surface area (Å²) >= 11 is 7.31. The van der Waals surface area contributed by atoms with Gasteiger partial charge in [-0.1, -0.05) is 64.6 Å². The van der Waals surface area contributed by atoms with Crippen LogP contribution in [-0.2, 0) is 9.59 Å². The van der Waals surface area contributed by atoms with E-state index in [1.807, 2.05) is 47.8 Å². The maximum Gasteiger partial charge on any atom is 0.238 e. The summed E-state index contributed by atoms with van der Waals surface area (Å²) < 4.78 is 0.943. The Kier molecular flexibility index (Phi) is 4.60. The van der Waals surface area contributed by atoms with Crippen molar-refractivity contribution < 1.29 is 9.59 Å². The zero-order valence-corrected chi connectivity index (χ0v) is 21.0. The molecule has 2 aromatic rings. The first-order valence-corrected chi connectivity index (χ1v) is 14.0. The van der Waals surface area contributed by atoms with Gasteiger partial charge < -0.3 is 0 Å².